The number of carbonyl (C=O) groups excluding carboxylic acids is 2. The monoisotopic (exact) mass is 364 g/mol. The summed E-state index contributed by atoms with van der Waals surface area (Å²) >= 11 is 0. The predicted molar refractivity (Wildman–Crippen MR) is 102 cm³/mol. The van der Waals surface area contributed by atoms with Gasteiger partial charge in [0.05, 0.1) is 25.0 Å². The standard InChI is InChI=1S/C22H36O4/c1-8-10-22-11-9-15(12-22)16(18(23)25-13-20(2,3)4)17(22)19(24)26-14-21(5,6)7/h9,11,15-17H,8,10,12-14H2,1-7H3. The van der Waals surface area contributed by atoms with E-state index in [1.165, 1.54) is 0 Å². The third-order valence-electron chi connectivity index (χ3n) is 5.27. The Labute approximate surface area is 158 Å². The fourth-order valence-electron chi connectivity index (χ4n) is 4.23. The Morgan fingerprint density at radius 2 is 1.54 bits per heavy atom. The SMILES string of the molecule is CCCC12C=CC(C1)C(C(=O)OCC(C)(C)C)C2C(=O)OCC(C)(C)C. The Kier molecular flexibility index (Phi) is 5.94. The van der Waals surface area contributed by atoms with Gasteiger partial charge < -0.3 is 9.47 Å². The second-order valence-electron chi connectivity index (χ2n) is 10.6. The second-order valence-corrected chi connectivity index (χ2v) is 10.6. The quantitative estimate of drug-likeness (QED) is 0.503. The highest BCUT2D eigenvalue weighted by Gasteiger charge is 2.61. The first kappa shape index (κ1) is 21.0. The van der Waals surface area contributed by atoms with E-state index in [1.807, 2.05) is 41.5 Å². The van der Waals surface area contributed by atoms with Crippen LogP contribution in [0.1, 0.15) is 67.7 Å². The van der Waals surface area contributed by atoms with Crippen LogP contribution in [-0.4, -0.2) is 25.2 Å². The number of allylic oxidation sites excluding steroid dienone is 2. The van der Waals surface area contributed by atoms with Gasteiger partial charge in [-0.25, -0.2) is 0 Å². The molecule has 4 unspecified atom stereocenters. The number of carbonyl (C=O) groups is 2. The van der Waals surface area contributed by atoms with Gasteiger partial charge in [0.15, 0.2) is 0 Å². The van der Waals surface area contributed by atoms with Crippen LogP contribution in [0.25, 0.3) is 0 Å². The van der Waals surface area contributed by atoms with E-state index in [4.69, 9.17) is 9.47 Å². The summed E-state index contributed by atoms with van der Waals surface area (Å²) in [5, 5.41) is 0. The number of hydrogen-bond acceptors (Lipinski definition) is 4. The molecule has 0 aliphatic heterocycles. The van der Waals surface area contributed by atoms with Crippen LogP contribution in [0.5, 0.6) is 0 Å². The van der Waals surface area contributed by atoms with E-state index >= 15 is 0 Å². The van der Waals surface area contributed by atoms with Gasteiger partial charge in [-0.1, -0.05) is 67.0 Å². The average Bonchev–Trinajstić information content (AvgIpc) is 3.04. The van der Waals surface area contributed by atoms with Crippen LogP contribution in [-0.2, 0) is 19.1 Å². The van der Waals surface area contributed by atoms with Crippen molar-refractivity contribution >= 4 is 11.9 Å². The van der Waals surface area contributed by atoms with Crippen molar-refractivity contribution in [2.75, 3.05) is 13.2 Å². The summed E-state index contributed by atoms with van der Waals surface area (Å²) in [7, 11) is 0. The van der Waals surface area contributed by atoms with E-state index in [0.29, 0.717) is 13.2 Å². The van der Waals surface area contributed by atoms with E-state index in [0.717, 1.165) is 19.3 Å². The smallest absolute Gasteiger partial charge is 0.310 e. The molecule has 4 atom stereocenters. The molecule has 26 heavy (non-hydrogen) atoms. The molecular formula is C22H36O4. The Bertz CT molecular complexity index is 564. The maximum Gasteiger partial charge on any atom is 0.310 e. The van der Waals surface area contributed by atoms with Crippen LogP contribution in [0.4, 0.5) is 0 Å². The second kappa shape index (κ2) is 7.36. The lowest BCUT2D eigenvalue weighted by Crippen LogP contribution is -2.41. The van der Waals surface area contributed by atoms with Gasteiger partial charge in [0, 0.05) is 5.41 Å². The molecule has 0 heterocycles. The third-order valence-corrected chi connectivity index (χ3v) is 5.27. The minimum Gasteiger partial charge on any atom is -0.465 e. The summed E-state index contributed by atoms with van der Waals surface area (Å²) in [5.41, 5.74) is -0.435. The average molecular weight is 365 g/mol. The Balaban J connectivity index is 2.21. The van der Waals surface area contributed by atoms with Gasteiger partial charge >= 0.3 is 11.9 Å². The van der Waals surface area contributed by atoms with E-state index in [-0.39, 0.29) is 34.1 Å². The van der Waals surface area contributed by atoms with Crippen molar-refractivity contribution in [1.82, 2.24) is 0 Å². The van der Waals surface area contributed by atoms with Crippen molar-refractivity contribution in [2.24, 2.45) is 34.0 Å². The van der Waals surface area contributed by atoms with Crippen molar-refractivity contribution in [2.45, 2.75) is 67.7 Å². The first-order valence-electron chi connectivity index (χ1n) is 9.91. The van der Waals surface area contributed by atoms with Gasteiger partial charge in [0.2, 0.25) is 0 Å². The number of hydrogen-bond donors (Lipinski definition) is 0. The van der Waals surface area contributed by atoms with Crippen molar-refractivity contribution in [3.05, 3.63) is 12.2 Å². The molecule has 0 radical (unpaired) electrons. The molecule has 2 aliphatic carbocycles. The van der Waals surface area contributed by atoms with Crippen molar-refractivity contribution in [3.63, 3.8) is 0 Å². The lowest BCUT2D eigenvalue weighted by atomic mass is 9.71. The van der Waals surface area contributed by atoms with Crippen molar-refractivity contribution < 1.29 is 19.1 Å². The molecule has 0 aromatic rings. The first-order chi connectivity index (χ1) is 11.9. The zero-order valence-corrected chi connectivity index (χ0v) is 17.6. The Morgan fingerprint density at radius 1 is 1.00 bits per heavy atom. The highest BCUT2D eigenvalue weighted by Crippen LogP contribution is 2.59. The topological polar surface area (TPSA) is 52.6 Å². The van der Waals surface area contributed by atoms with Crippen LogP contribution < -0.4 is 0 Å². The van der Waals surface area contributed by atoms with Crippen molar-refractivity contribution in [1.29, 1.82) is 0 Å². The largest absolute Gasteiger partial charge is 0.465 e. The summed E-state index contributed by atoms with van der Waals surface area (Å²) in [6.45, 7) is 15.1. The van der Waals surface area contributed by atoms with Gasteiger partial charge in [-0.15, -0.1) is 0 Å². The molecule has 148 valence electrons. The lowest BCUT2D eigenvalue weighted by molar-refractivity contribution is -0.166. The van der Waals surface area contributed by atoms with Crippen LogP contribution in [0, 0.1) is 34.0 Å². The minimum atomic E-state index is -0.424. The molecule has 2 aliphatic rings. The molecule has 1 fully saturated rings. The predicted octanol–water partition coefficient (Wildman–Crippen LogP) is 4.77. The third kappa shape index (κ3) is 4.69. The van der Waals surface area contributed by atoms with Gasteiger partial charge in [-0.3, -0.25) is 9.59 Å². The Hall–Kier alpha value is -1.32. The van der Waals surface area contributed by atoms with E-state index in [1.54, 1.807) is 0 Å². The van der Waals surface area contributed by atoms with Crippen LogP contribution >= 0.6 is 0 Å². The van der Waals surface area contributed by atoms with Crippen LogP contribution in [0.15, 0.2) is 12.2 Å². The fourth-order valence-corrected chi connectivity index (χ4v) is 4.23. The van der Waals surface area contributed by atoms with Gasteiger partial charge in [0.25, 0.3) is 0 Å². The lowest BCUT2D eigenvalue weighted by Gasteiger charge is -2.34. The molecule has 0 aromatic heterocycles. The molecule has 2 rings (SSSR count). The molecule has 1 saturated carbocycles. The maximum absolute atomic E-state index is 13.0. The molecule has 0 spiro atoms. The summed E-state index contributed by atoms with van der Waals surface area (Å²) in [5.74, 6) is -1.24. The first-order valence-corrected chi connectivity index (χ1v) is 9.91. The fraction of sp³-hybridized carbons (Fsp3) is 0.818. The molecule has 4 heteroatoms. The molecule has 0 N–H and O–H groups in total. The van der Waals surface area contributed by atoms with E-state index in [9.17, 15) is 9.59 Å². The summed E-state index contributed by atoms with van der Waals surface area (Å²) in [4.78, 5) is 25.9. The normalized spacial score (nSPS) is 30.5. The highest BCUT2D eigenvalue weighted by atomic mass is 16.5. The molecule has 4 nitrogen and oxygen atoms in total. The van der Waals surface area contributed by atoms with E-state index < -0.39 is 11.8 Å². The number of ether oxygens (including phenoxy) is 2. The molecule has 0 saturated heterocycles. The van der Waals surface area contributed by atoms with E-state index in [2.05, 4.69) is 19.1 Å². The van der Waals surface area contributed by atoms with Gasteiger partial charge in [0.1, 0.15) is 0 Å². The molecular weight excluding hydrogens is 328 g/mol. The van der Waals surface area contributed by atoms with Gasteiger partial charge in [-0.2, -0.15) is 0 Å². The minimum absolute atomic E-state index is 0.0844. The number of esters is 2. The van der Waals surface area contributed by atoms with Crippen LogP contribution in [0.3, 0.4) is 0 Å². The molecule has 0 amide bonds. The zero-order chi connectivity index (χ0) is 19.8. The van der Waals surface area contributed by atoms with Crippen LogP contribution in [0.2, 0.25) is 0 Å². The number of fused-ring (bicyclic) bond motifs is 2. The number of rotatable bonds is 6. The maximum atomic E-state index is 13.0. The molecule has 2 bridgehead atoms. The Morgan fingerprint density at radius 3 is 2.04 bits per heavy atom. The summed E-state index contributed by atoms with van der Waals surface area (Å²) < 4.78 is 11.3. The molecule has 0 aromatic carbocycles. The highest BCUT2D eigenvalue weighted by molar-refractivity contribution is 5.85. The summed E-state index contributed by atoms with van der Waals surface area (Å²) in [6.07, 6.45) is 7.01. The summed E-state index contributed by atoms with van der Waals surface area (Å²) in [6, 6.07) is 0. The zero-order valence-electron chi connectivity index (χ0n) is 17.6. The van der Waals surface area contributed by atoms with Gasteiger partial charge in [-0.05, 0) is 29.6 Å². The van der Waals surface area contributed by atoms with Crippen molar-refractivity contribution in [3.8, 4) is 0 Å².